The smallest absolute Gasteiger partial charge is 0.259 e. The Kier molecular flexibility index (Phi) is 4.65. The molecule has 3 aliphatic rings. The van der Waals surface area contributed by atoms with Gasteiger partial charge >= 0.3 is 0 Å². The number of hydrogen-bond donors (Lipinski definition) is 0. The van der Waals surface area contributed by atoms with E-state index in [2.05, 4.69) is 0 Å². The molecular weight excluding hydrogens is 360 g/mol. The number of carbonyl (C=O) groups is 2. The van der Waals surface area contributed by atoms with Crippen LogP contribution in [-0.4, -0.2) is 35.3 Å². The van der Waals surface area contributed by atoms with Gasteiger partial charge < -0.3 is 9.80 Å². The SMILES string of the molecule is O=C([C@@H]1c2ccccc2C(=O)N(c2ccccc2)C12CCCCC2)N1CCCC1. The Balaban J connectivity index is 1.72. The lowest BCUT2D eigenvalue weighted by atomic mass is 9.65. The Morgan fingerprint density at radius 3 is 2.21 bits per heavy atom. The van der Waals surface area contributed by atoms with E-state index in [4.69, 9.17) is 0 Å². The molecule has 2 aromatic carbocycles. The summed E-state index contributed by atoms with van der Waals surface area (Å²) in [6, 6.07) is 17.8. The summed E-state index contributed by atoms with van der Waals surface area (Å²) in [4.78, 5) is 31.7. The van der Waals surface area contributed by atoms with Gasteiger partial charge in [-0.15, -0.1) is 0 Å². The summed E-state index contributed by atoms with van der Waals surface area (Å²) in [6.07, 6.45) is 7.21. The van der Waals surface area contributed by atoms with Crippen molar-refractivity contribution in [2.75, 3.05) is 18.0 Å². The van der Waals surface area contributed by atoms with Gasteiger partial charge in [0.15, 0.2) is 0 Å². The second-order valence-electron chi connectivity index (χ2n) is 8.69. The minimum atomic E-state index is -0.468. The summed E-state index contributed by atoms with van der Waals surface area (Å²) in [5, 5.41) is 0. The molecule has 4 heteroatoms. The topological polar surface area (TPSA) is 40.6 Å². The molecule has 1 aliphatic carbocycles. The zero-order valence-electron chi connectivity index (χ0n) is 16.8. The minimum absolute atomic E-state index is 0.0409. The van der Waals surface area contributed by atoms with E-state index in [9.17, 15) is 9.59 Å². The van der Waals surface area contributed by atoms with Crippen LogP contribution in [0.3, 0.4) is 0 Å². The predicted octanol–water partition coefficient (Wildman–Crippen LogP) is 4.76. The average Bonchev–Trinajstić information content (AvgIpc) is 3.30. The van der Waals surface area contributed by atoms with E-state index in [-0.39, 0.29) is 17.7 Å². The average molecular weight is 389 g/mol. The van der Waals surface area contributed by atoms with Crippen molar-refractivity contribution in [3.8, 4) is 0 Å². The fraction of sp³-hybridized carbons (Fsp3) is 0.440. The molecule has 0 unspecified atom stereocenters. The van der Waals surface area contributed by atoms with Gasteiger partial charge in [0, 0.05) is 24.3 Å². The Hall–Kier alpha value is -2.62. The molecular formula is C25H28N2O2. The van der Waals surface area contributed by atoms with Crippen LogP contribution in [0.15, 0.2) is 54.6 Å². The summed E-state index contributed by atoms with van der Waals surface area (Å²) < 4.78 is 0. The number of anilines is 1. The quantitative estimate of drug-likeness (QED) is 0.744. The van der Waals surface area contributed by atoms with Crippen LogP contribution < -0.4 is 4.90 Å². The zero-order chi connectivity index (χ0) is 19.8. The maximum atomic E-state index is 13.9. The van der Waals surface area contributed by atoms with Gasteiger partial charge in [-0.1, -0.05) is 55.7 Å². The van der Waals surface area contributed by atoms with Gasteiger partial charge in [-0.05, 0) is 49.4 Å². The lowest BCUT2D eigenvalue weighted by Crippen LogP contribution is -2.63. The monoisotopic (exact) mass is 388 g/mol. The van der Waals surface area contributed by atoms with Crippen LogP contribution in [0.5, 0.6) is 0 Å². The van der Waals surface area contributed by atoms with Crippen molar-refractivity contribution < 1.29 is 9.59 Å². The highest BCUT2D eigenvalue weighted by atomic mass is 16.2. The summed E-state index contributed by atoms with van der Waals surface area (Å²) in [5.41, 5.74) is 2.06. The second kappa shape index (κ2) is 7.33. The molecule has 0 N–H and O–H groups in total. The highest BCUT2D eigenvalue weighted by molar-refractivity contribution is 6.12. The van der Waals surface area contributed by atoms with Crippen LogP contribution in [0.1, 0.15) is 66.8 Å². The van der Waals surface area contributed by atoms with Crippen LogP contribution in [0.4, 0.5) is 5.69 Å². The van der Waals surface area contributed by atoms with Crippen molar-refractivity contribution in [1.29, 1.82) is 0 Å². The molecule has 2 heterocycles. The number of benzene rings is 2. The van der Waals surface area contributed by atoms with Gasteiger partial charge in [-0.25, -0.2) is 0 Å². The fourth-order valence-corrected chi connectivity index (χ4v) is 5.80. The number of hydrogen-bond acceptors (Lipinski definition) is 2. The number of fused-ring (bicyclic) bond motifs is 1. The van der Waals surface area contributed by atoms with Gasteiger partial charge in [0.25, 0.3) is 5.91 Å². The molecule has 1 saturated heterocycles. The number of amides is 2. The minimum Gasteiger partial charge on any atom is -0.342 e. The van der Waals surface area contributed by atoms with Crippen molar-refractivity contribution in [3.63, 3.8) is 0 Å². The fourth-order valence-electron chi connectivity index (χ4n) is 5.80. The number of para-hydroxylation sites is 1. The van der Waals surface area contributed by atoms with Gasteiger partial charge in [0.05, 0.1) is 11.5 Å². The van der Waals surface area contributed by atoms with Crippen LogP contribution in [0.25, 0.3) is 0 Å². The summed E-state index contributed by atoms with van der Waals surface area (Å²) in [7, 11) is 0. The first kappa shape index (κ1) is 18.4. The largest absolute Gasteiger partial charge is 0.342 e. The van der Waals surface area contributed by atoms with Crippen LogP contribution in [0, 0.1) is 0 Å². The Labute approximate surface area is 172 Å². The number of nitrogens with zero attached hydrogens (tertiary/aromatic N) is 2. The van der Waals surface area contributed by atoms with Crippen molar-refractivity contribution in [1.82, 2.24) is 4.90 Å². The molecule has 2 amide bonds. The van der Waals surface area contributed by atoms with Crippen LogP contribution in [-0.2, 0) is 4.79 Å². The molecule has 1 spiro atoms. The molecule has 5 rings (SSSR count). The first-order valence-electron chi connectivity index (χ1n) is 11.0. The third-order valence-corrected chi connectivity index (χ3v) is 7.09. The van der Waals surface area contributed by atoms with Crippen molar-refractivity contribution in [2.24, 2.45) is 0 Å². The second-order valence-corrected chi connectivity index (χ2v) is 8.69. The van der Waals surface area contributed by atoms with Crippen molar-refractivity contribution in [3.05, 3.63) is 65.7 Å². The highest BCUT2D eigenvalue weighted by Gasteiger charge is 2.56. The van der Waals surface area contributed by atoms with Crippen molar-refractivity contribution in [2.45, 2.75) is 56.4 Å². The summed E-state index contributed by atoms with van der Waals surface area (Å²) in [6.45, 7) is 1.68. The molecule has 4 nitrogen and oxygen atoms in total. The Morgan fingerprint density at radius 1 is 0.828 bits per heavy atom. The molecule has 0 aromatic heterocycles. The molecule has 0 bridgehead atoms. The van der Waals surface area contributed by atoms with Gasteiger partial charge in [0.2, 0.25) is 5.91 Å². The molecule has 150 valence electrons. The van der Waals surface area contributed by atoms with E-state index < -0.39 is 5.54 Å². The highest BCUT2D eigenvalue weighted by Crippen LogP contribution is 2.51. The van der Waals surface area contributed by atoms with E-state index >= 15 is 0 Å². The van der Waals surface area contributed by atoms with Gasteiger partial charge in [0.1, 0.15) is 0 Å². The first-order chi connectivity index (χ1) is 14.2. The molecule has 2 aromatic rings. The molecule has 2 aliphatic heterocycles. The third-order valence-electron chi connectivity index (χ3n) is 7.09. The molecule has 1 saturated carbocycles. The van der Waals surface area contributed by atoms with Crippen LogP contribution >= 0.6 is 0 Å². The summed E-state index contributed by atoms with van der Waals surface area (Å²) >= 11 is 0. The Bertz CT molecular complexity index is 911. The normalized spacial score (nSPS) is 23.3. The third kappa shape index (κ3) is 2.88. The van der Waals surface area contributed by atoms with Crippen molar-refractivity contribution >= 4 is 17.5 Å². The Morgan fingerprint density at radius 2 is 1.48 bits per heavy atom. The number of rotatable bonds is 2. The molecule has 1 atom stereocenters. The number of carbonyl (C=O) groups excluding carboxylic acids is 2. The van der Waals surface area contributed by atoms with E-state index in [0.717, 1.165) is 62.9 Å². The number of likely N-dealkylation sites (tertiary alicyclic amines) is 1. The first-order valence-corrected chi connectivity index (χ1v) is 11.0. The maximum Gasteiger partial charge on any atom is 0.259 e. The molecule has 29 heavy (non-hydrogen) atoms. The van der Waals surface area contributed by atoms with Gasteiger partial charge in [-0.2, -0.15) is 0 Å². The lowest BCUT2D eigenvalue weighted by molar-refractivity contribution is -0.134. The van der Waals surface area contributed by atoms with E-state index in [1.54, 1.807) is 0 Å². The lowest BCUT2D eigenvalue weighted by Gasteiger charge is -2.54. The van der Waals surface area contributed by atoms with E-state index in [0.29, 0.717) is 5.56 Å². The predicted molar refractivity (Wildman–Crippen MR) is 114 cm³/mol. The molecule has 2 fully saturated rings. The zero-order valence-corrected chi connectivity index (χ0v) is 16.8. The standard InChI is InChI=1S/C25H28N2O2/c28-23-21-14-6-5-13-20(21)22(24(29)26-17-9-10-18-26)25(15-7-2-8-16-25)27(23)19-11-3-1-4-12-19/h1,3-6,11-14,22H,2,7-10,15-18H2/t22-/m0/s1. The van der Waals surface area contributed by atoms with E-state index in [1.165, 1.54) is 6.42 Å². The maximum absolute atomic E-state index is 13.9. The van der Waals surface area contributed by atoms with Gasteiger partial charge in [-0.3, -0.25) is 9.59 Å². The van der Waals surface area contributed by atoms with E-state index in [1.807, 2.05) is 64.4 Å². The molecule has 0 radical (unpaired) electrons. The summed E-state index contributed by atoms with van der Waals surface area (Å²) in [5.74, 6) is -0.0283. The van der Waals surface area contributed by atoms with Crippen LogP contribution in [0.2, 0.25) is 0 Å².